The van der Waals surface area contributed by atoms with Gasteiger partial charge in [0.25, 0.3) is 0 Å². The quantitative estimate of drug-likeness (QED) is 0.585. The molecule has 0 bridgehead atoms. The molecule has 0 spiro atoms. The maximum absolute atomic E-state index is 4.98. The van der Waals surface area contributed by atoms with Crippen molar-refractivity contribution < 1.29 is 4.74 Å². The first-order valence-electron chi connectivity index (χ1n) is 6.32. The second-order valence-electron chi connectivity index (χ2n) is 4.39. The second kappa shape index (κ2) is 9.31. The van der Waals surface area contributed by atoms with Gasteiger partial charge in [-0.3, -0.25) is 0 Å². The summed E-state index contributed by atoms with van der Waals surface area (Å²) in [5.41, 5.74) is 2.78. The maximum atomic E-state index is 4.98. The van der Waals surface area contributed by atoms with E-state index in [9.17, 15) is 0 Å². The third kappa shape index (κ3) is 6.94. The van der Waals surface area contributed by atoms with Crippen molar-refractivity contribution in [2.45, 2.75) is 19.8 Å². The molecule has 2 nitrogen and oxygen atoms in total. The molecule has 1 aromatic rings. The summed E-state index contributed by atoms with van der Waals surface area (Å²) in [4.78, 5) is 0. The lowest BCUT2D eigenvalue weighted by Crippen LogP contribution is -2.19. The molecular weight excluding hydrogens is 290 g/mol. The molecule has 0 unspecified atom stereocenters. The molecule has 0 heterocycles. The van der Waals surface area contributed by atoms with E-state index >= 15 is 0 Å². The first kappa shape index (κ1) is 15.4. The number of hydrogen-bond acceptors (Lipinski definition) is 2. The fourth-order valence-corrected chi connectivity index (χ4v) is 1.98. The highest BCUT2D eigenvalue weighted by molar-refractivity contribution is 9.10. The summed E-state index contributed by atoms with van der Waals surface area (Å²) in [6.07, 6.45) is 4.42. The summed E-state index contributed by atoms with van der Waals surface area (Å²) in [6, 6.07) is 8.51. The molecule has 0 atom stereocenters. The van der Waals surface area contributed by atoms with Crippen LogP contribution in [0.2, 0.25) is 0 Å². The largest absolute Gasteiger partial charge is 0.383 e. The molecule has 3 heteroatoms. The van der Waals surface area contributed by atoms with E-state index in [0.717, 1.165) is 37.0 Å². The van der Waals surface area contributed by atoms with Crippen LogP contribution in [0.4, 0.5) is 0 Å². The van der Waals surface area contributed by atoms with Crippen molar-refractivity contribution in [2.24, 2.45) is 0 Å². The monoisotopic (exact) mass is 311 g/mol. The SMILES string of the molecule is COCCNCCC=C(C)Cc1ccc(Br)cc1. The first-order valence-corrected chi connectivity index (χ1v) is 7.11. The van der Waals surface area contributed by atoms with E-state index in [-0.39, 0.29) is 0 Å². The van der Waals surface area contributed by atoms with Crippen LogP contribution in [-0.4, -0.2) is 26.8 Å². The molecule has 0 fully saturated rings. The van der Waals surface area contributed by atoms with Gasteiger partial charge in [0.15, 0.2) is 0 Å². The van der Waals surface area contributed by atoms with E-state index in [2.05, 4.69) is 58.5 Å². The molecule has 1 aromatic carbocycles. The average molecular weight is 312 g/mol. The molecule has 0 aromatic heterocycles. The minimum atomic E-state index is 0.779. The smallest absolute Gasteiger partial charge is 0.0587 e. The number of rotatable bonds is 8. The van der Waals surface area contributed by atoms with E-state index in [1.807, 2.05) is 0 Å². The summed E-state index contributed by atoms with van der Waals surface area (Å²) in [5.74, 6) is 0. The lowest BCUT2D eigenvalue weighted by molar-refractivity contribution is 0.199. The zero-order valence-electron chi connectivity index (χ0n) is 11.2. The lowest BCUT2D eigenvalue weighted by Gasteiger charge is -2.04. The van der Waals surface area contributed by atoms with Crippen molar-refractivity contribution in [3.63, 3.8) is 0 Å². The van der Waals surface area contributed by atoms with E-state index in [1.54, 1.807) is 7.11 Å². The Bertz CT molecular complexity index is 359. The maximum Gasteiger partial charge on any atom is 0.0587 e. The highest BCUT2D eigenvalue weighted by atomic mass is 79.9. The fraction of sp³-hybridized carbons (Fsp3) is 0.467. The molecule has 0 radical (unpaired) electrons. The van der Waals surface area contributed by atoms with Crippen LogP contribution in [0.25, 0.3) is 0 Å². The molecule has 0 aliphatic heterocycles. The lowest BCUT2D eigenvalue weighted by atomic mass is 10.1. The van der Waals surface area contributed by atoms with Crippen LogP contribution in [0.3, 0.4) is 0 Å². The minimum Gasteiger partial charge on any atom is -0.383 e. The van der Waals surface area contributed by atoms with Crippen molar-refractivity contribution in [3.05, 3.63) is 46.0 Å². The standard InChI is InChI=1S/C15H22BrNO/c1-13(4-3-9-17-10-11-18-2)12-14-5-7-15(16)8-6-14/h4-8,17H,3,9-12H2,1-2H3. The summed E-state index contributed by atoms with van der Waals surface area (Å²) in [5, 5.41) is 3.34. The van der Waals surface area contributed by atoms with Gasteiger partial charge in [-0.25, -0.2) is 0 Å². The number of hydrogen-bond donors (Lipinski definition) is 1. The van der Waals surface area contributed by atoms with Gasteiger partial charge in [0.1, 0.15) is 0 Å². The Morgan fingerprint density at radius 2 is 2.00 bits per heavy atom. The molecule has 0 saturated heterocycles. The molecule has 0 aliphatic carbocycles. The summed E-state index contributed by atoms with van der Waals surface area (Å²) in [7, 11) is 1.73. The summed E-state index contributed by atoms with van der Waals surface area (Å²) >= 11 is 3.45. The van der Waals surface area contributed by atoms with E-state index < -0.39 is 0 Å². The first-order chi connectivity index (χ1) is 8.72. The number of halogens is 1. The Labute approximate surface area is 119 Å². The van der Waals surface area contributed by atoms with Crippen molar-refractivity contribution in [1.82, 2.24) is 5.32 Å². The minimum absolute atomic E-state index is 0.779. The summed E-state index contributed by atoms with van der Waals surface area (Å²) < 4.78 is 6.11. The number of benzene rings is 1. The highest BCUT2D eigenvalue weighted by Gasteiger charge is 1.95. The van der Waals surface area contributed by atoms with Crippen LogP contribution < -0.4 is 5.32 Å². The average Bonchev–Trinajstić information content (AvgIpc) is 2.36. The topological polar surface area (TPSA) is 21.3 Å². The van der Waals surface area contributed by atoms with Crippen LogP contribution in [0, 0.1) is 0 Å². The third-order valence-electron chi connectivity index (χ3n) is 2.69. The molecule has 18 heavy (non-hydrogen) atoms. The summed E-state index contributed by atoms with van der Waals surface area (Å²) in [6.45, 7) is 4.91. The molecule has 1 N–H and O–H groups in total. The fourth-order valence-electron chi connectivity index (χ4n) is 1.72. The van der Waals surface area contributed by atoms with Gasteiger partial charge < -0.3 is 10.1 Å². The Morgan fingerprint density at radius 3 is 2.67 bits per heavy atom. The van der Waals surface area contributed by atoms with Gasteiger partial charge in [-0.15, -0.1) is 0 Å². The zero-order chi connectivity index (χ0) is 13.2. The predicted octanol–water partition coefficient (Wildman–Crippen LogP) is 3.56. The van der Waals surface area contributed by atoms with Gasteiger partial charge >= 0.3 is 0 Å². The Morgan fingerprint density at radius 1 is 1.28 bits per heavy atom. The third-order valence-corrected chi connectivity index (χ3v) is 3.22. The van der Waals surface area contributed by atoms with Gasteiger partial charge in [-0.1, -0.05) is 39.7 Å². The van der Waals surface area contributed by atoms with Gasteiger partial charge in [0.2, 0.25) is 0 Å². The van der Waals surface area contributed by atoms with Crippen LogP contribution in [-0.2, 0) is 11.2 Å². The number of nitrogens with one attached hydrogen (secondary N) is 1. The van der Waals surface area contributed by atoms with Gasteiger partial charge in [0.05, 0.1) is 6.61 Å². The molecule has 100 valence electrons. The van der Waals surface area contributed by atoms with Crippen LogP contribution in [0.5, 0.6) is 0 Å². The second-order valence-corrected chi connectivity index (χ2v) is 5.30. The van der Waals surface area contributed by atoms with Crippen molar-refractivity contribution >= 4 is 15.9 Å². The van der Waals surface area contributed by atoms with Crippen LogP contribution in [0.1, 0.15) is 18.9 Å². The number of ether oxygens (including phenoxy) is 1. The molecular formula is C15H22BrNO. The molecule has 0 amide bonds. The highest BCUT2D eigenvalue weighted by Crippen LogP contribution is 2.13. The van der Waals surface area contributed by atoms with Crippen molar-refractivity contribution in [1.29, 1.82) is 0 Å². The van der Waals surface area contributed by atoms with Crippen LogP contribution >= 0.6 is 15.9 Å². The normalized spacial score (nSPS) is 11.8. The number of allylic oxidation sites excluding steroid dienone is 1. The van der Waals surface area contributed by atoms with Gasteiger partial charge in [0, 0.05) is 18.1 Å². The van der Waals surface area contributed by atoms with Crippen molar-refractivity contribution in [3.8, 4) is 0 Å². The molecule has 0 aliphatic rings. The van der Waals surface area contributed by atoms with E-state index in [4.69, 9.17) is 4.74 Å². The Hall–Kier alpha value is -0.640. The van der Waals surface area contributed by atoms with Crippen molar-refractivity contribution in [2.75, 3.05) is 26.8 Å². The molecule has 1 rings (SSSR count). The Kier molecular flexibility index (Phi) is 7.98. The Balaban J connectivity index is 2.23. The zero-order valence-corrected chi connectivity index (χ0v) is 12.8. The predicted molar refractivity (Wildman–Crippen MR) is 81.0 cm³/mol. The number of methoxy groups -OCH3 is 1. The van der Waals surface area contributed by atoms with Gasteiger partial charge in [-0.05, 0) is 44.0 Å². The van der Waals surface area contributed by atoms with Gasteiger partial charge in [-0.2, -0.15) is 0 Å². The van der Waals surface area contributed by atoms with E-state index in [0.29, 0.717) is 0 Å². The van der Waals surface area contributed by atoms with Crippen LogP contribution in [0.15, 0.2) is 40.4 Å². The molecule has 0 saturated carbocycles. The van der Waals surface area contributed by atoms with E-state index in [1.165, 1.54) is 11.1 Å².